The van der Waals surface area contributed by atoms with Gasteiger partial charge in [0.1, 0.15) is 6.54 Å². The van der Waals surface area contributed by atoms with Crippen molar-refractivity contribution >= 4 is 29.7 Å². The van der Waals surface area contributed by atoms with E-state index in [1.807, 2.05) is 0 Å². The first kappa shape index (κ1) is 21.5. The first-order valence-electron chi connectivity index (χ1n) is 9.85. The summed E-state index contributed by atoms with van der Waals surface area (Å²) < 4.78 is 9.53. The average molecular weight is 416 g/mol. The largest absolute Gasteiger partial charge is 0.465 e. The van der Waals surface area contributed by atoms with Crippen molar-refractivity contribution in [3.8, 4) is 0 Å². The van der Waals surface area contributed by atoms with Gasteiger partial charge in [-0.25, -0.2) is 4.79 Å². The number of likely N-dealkylation sites (tertiary alicyclic amines) is 1. The van der Waals surface area contributed by atoms with Crippen LogP contribution in [0.15, 0.2) is 24.3 Å². The van der Waals surface area contributed by atoms with Crippen molar-refractivity contribution in [1.82, 2.24) is 10.2 Å². The molecule has 30 heavy (non-hydrogen) atoms. The number of rotatable bonds is 7. The van der Waals surface area contributed by atoms with Crippen LogP contribution in [-0.4, -0.2) is 54.8 Å². The minimum atomic E-state index is -0.798. The minimum absolute atomic E-state index is 0.185. The summed E-state index contributed by atoms with van der Waals surface area (Å²) in [5.41, 5.74) is 1.14. The maximum atomic E-state index is 12.4. The van der Waals surface area contributed by atoms with Crippen LogP contribution >= 0.6 is 0 Å². The van der Waals surface area contributed by atoms with E-state index in [-0.39, 0.29) is 30.2 Å². The number of imide groups is 1. The normalized spacial score (nSPS) is 20.5. The molecular weight excluding hydrogens is 392 g/mol. The summed E-state index contributed by atoms with van der Waals surface area (Å²) in [6.07, 6.45) is 3.15. The van der Waals surface area contributed by atoms with Crippen LogP contribution in [0.2, 0.25) is 0 Å². The van der Waals surface area contributed by atoms with E-state index < -0.39 is 31.0 Å². The van der Waals surface area contributed by atoms with Crippen LogP contribution in [0.3, 0.4) is 0 Å². The number of nitrogens with zero attached hydrogens (tertiary/aromatic N) is 1. The Hall–Kier alpha value is -3.23. The number of carbonyl (C=O) groups excluding carboxylic acids is 5. The van der Waals surface area contributed by atoms with E-state index in [4.69, 9.17) is 4.74 Å². The van der Waals surface area contributed by atoms with E-state index in [2.05, 4.69) is 10.1 Å². The molecular formula is C21H24N2O7. The molecule has 2 fully saturated rings. The molecule has 1 saturated carbocycles. The Morgan fingerprint density at radius 1 is 1.03 bits per heavy atom. The molecule has 0 unspecified atom stereocenters. The fraction of sp³-hybridized carbons (Fsp3) is 0.476. The van der Waals surface area contributed by atoms with Crippen LogP contribution in [0.25, 0.3) is 0 Å². The Bertz CT molecular complexity index is 825. The highest BCUT2D eigenvalue weighted by molar-refractivity contribution is 6.07. The van der Waals surface area contributed by atoms with Gasteiger partial charge in [0, 0.05) is 6.54 Å². The quantitative estimate of drug-likeness (QED) is 0.516. The number of hydrogen-bond donors (Lipinski definition) is 1. The van der Waals surface area contributed by atoms with Crippen LogP contribution < -0.4 is 5.32 Å². The Morgan fingerprint density at radius 3 is 2.20 bits per heavy atom. The maximum Gasteiger partial charge on any atom is 0.337 e. The standard InChI is InChI=1S/C21H24N2O7/c1-29-21(28)14-8-6-13(7-9-14)10-22-17(24)12-30-18(25)11-23-19(26)15-4-2-3-5-16(15)20(23)27/h6-9,15-16H,2-5,10-12H2,1H3,(H,22,24)/t15-,16-/m1/s1. The smallest absolute Gasteiger partial charge is 0.337 e. The Morgan fingerprint density at radius 2 is 1.63 bits per heavy atom. The number of amides is 3. The molecule has 1 aromatic rings. The van der Waals surface area contributed by atoms with Crippen molar-refractivity contribution in [2.24, 2.45) is 11.8 Å². The highest BCUT2D eigenvalue weighted by Gasteiger charge is 2.48. The predicted octanol–water partition coefficient (Wildman–Crippen LogP) is 0.808. The number of esters is 2. The molecule has 2 aliphatic rings. The summed E-state index contributed by atoms with van der Waals surface area (Å²) in [5, 5.41) is 2.59. The Labute approximate surface area is 173 Å². The van der Waals surface area contributed by atoms with E-state index in [0.29, 0.717) is 18.4 Å². The van der Waals surface area contributed by atoms with Crippen LogP contribution in [0.5, 0.6) is 0 Å². The molecule has 1 heterocycles. The molecule has 0 aromatic heterocycles. The van der Waals surface area contributed by atoms with Gasteiger partial charge in [-0.1, -0.05) is 25.0 Å². The van der Waals surface area contributed by atoms with Crippen molar-refractivity contribution in [2.45, 2.75) is 32.2 Å². The van der Waals surface area contributed by atoms with Crippen molar-refractivity contribution in [3.63, 3.8) is 0 Å². The van der Waals surface area contributed by atoms with Gasteiger partial charge in [0.15, 0.2) is 6.61 Å². The van der Waals surface area contributed by atoms with Crippen molar-refractivity contribution in [3.05, 3.63) is 35.4 Å². The highest BCUT2D eigenvalue weighted by Crippen LogP contribution is 2.37. The summed E-state index contributed by atoms with van der Waals surface area (Å²) in [7, 11) is 1.29. The summed E-state index contributed by atoms with van der Waals surface area (Å²) in [5.74, 6) is -3.06. The van der Waals surface area contributed by atoms with Gasteiger partial charge < -0.3 is 14.8 Å². The first-order chi connectivity index (χ1) is 14.4. The monoisotopic (exact) mass is 416 g/mol. The van der Waals surface area contributed by atoms with Crippen molar-refractivity contribution < 1.29 is 33.4 Å². The van der Waals surface area contributed by atoms with E-state index in [1.165, 1.54) is 7.11 Å². The molecule has 160 valence electrons. The molecule has 1 aliphatic heterocycles. The third kappa shape index (κ3) is 4.84. The average Bonchev–Trinajstić information content (AvgIpc) is 3.01. The van der Waals surface area contributed by atoms with Gasteiger partial charge in [0.2, 0.25) is 11.8 Å². The lowest BCUT2D eigenvalue weighted by Crippen LogP contribution is -2.38. The predicted molar refractivity (Wildman–Crippen MR) is 103 cm³/mol. The number of nitrogens with one attached hydrogen (secondary N) is 1. The Kier molecular flexibility index (Phi) is 6.81. The van der Waals surface area contributed by atoms with Gasteiger partial charge in [-0.3, -0.25) is 24.1 Å². The molecule has 1 saturated heterocycles. The zero-order chi connectivity index (χ0) is 21.7. The van der Waals surface area contributed by atoms with Crippen molar-refractivity contribution in [1.29, 1.82) is 0 Å². The van der Waals surface area contributed by atoms with Gasteiger partial charge in [0.25, 0.3) is 5.91 Å². The van der Waals surface area contributed by atoms with Crippen LogP contribution in [0.4, 0.5) is 0 Å². The van der Waals surface area contributed by atoms with Gasteiger partial charge in [-0.2, -0.15) is 0 Å². The summed E-state index contributed by atoms with van der Waals surface area (Å²) in [4.78, 5) is 61.0. The third-order valence-corrected chi connectivity index (χ3v) is 5.45. The van der Waals surface area contributed by atoms with E-state index >= 15 is 0 Å². The molecule has 3 amide bonds. The molecule has 9 heteroatoms. The lowest BCUT2D eigenvalue weighted by atomic mass is 9.81. The summed E-state index contributed by atoms with van der Waals surface area (Å²) in [6.45, 7) is -0.792. The zero-order valence-electron chi connectivity index (χ0n) is 16.7. The Balaban J connectivity index is 1.41. The van der Waals surface area contributed by atoms with Gasteiger partial charge in [0.05, 0.1) is 24.5 Å². The molecule has 3 rings (SSSR count). The molecule has 0 bridgehead atoms. The molecule has 0 spiro atoms. The van der Waals surface area contributed by atoms with E-state index in [0.717, 1.165) is 23.3 Å². The minimum Gasteiger partial charge on any atom is -0.465 e. The van der Waals surface area contributed by atoms with Crippen molar-refractivity contribution in [2.75, 3.05) is 20.3 Å². The van der Waals surface area contributed by atoms with Gasteiger partial charge in [-0.05, 0) is 30.5 Å². The molecule has 2 atom stereocenters. The second-order valence-electron chi connectivity index (χ2n) is 7.39. The topological polar surface area (TPSA) is 119 Å². The SMILES string of the molecule is COC(=O)c1ccc(CNC(=O)COC(=O)CN2C(=O)[C@@H]3CCCC[C@H]3C2=O)cc1. The lowest BCUT2D eigenvalue weighted by Gasteiger charge is -2.19. The second-order valence-corrected chi connectivity index (χ2v) is 7.39. The molecule has 1 aliphatic carbocycles. The van der Waals surface area contributed by atoms with Gasteiger partial charge >= 0.3 is 11.9 Å². The number of methoxy groups -OCH3 is 1. The number of fused-ring (bicyclic) bond motifs is 1. The highest BCUT2D eigenvalue weighted by atomic mass is 16.5. The second kappa shape index (κ2) is 9.51. The zero-order valence-corrected chi connectivity index (χ0v) is 16.7. The maximum absolute atomic E-state index is 12.4. The summed E-state index contributed by atoms with van der Waals surface area (Å²) >= 11 is 0. The molecule has 0 radical (unpaired) electrons. The van der Waals surface area contributed by atoms with Gasteiger partial charge in [-0.15, -0.1) is 0 Å². The van der Waals surface area contributed by atoms with Crippen LogP contribution in [-0.2, 0) is 35.2 Å². The summed E-state index contributed by atoms with van der Waals surface area (Å²) in [6, 6.07) is 6.50. The fourth-order valence-corrected chi connectivity index (χ4v) is 3.84. The number of benzene rings is 1. The number of carbonyl (C=O) groups is 5. The molecule has 1 N–H and O–H groups in total. The van der Waals surface area contributed by atoms with E-state index in [9.17, 15) is 24.0 Å². The lowest BCUT2D eigenvalue weighted by molar-refractivity contribution is -0.154. The number of hydrogen-bond acceptors (Lipinski definition) is 7. The third-order valence-electron chi connectivity index (χ3n) is 5.45. The molecule has 1 aromatic carbocycles. The first-order valence-corrected chi connectivity index (χ1v) is 9.85. The van der Waals surface area contributed by atoms with Crippen LogP contribution in [0, 0.1) is 11.8 Å². The van der Waals surface area contributed by atoms with E-state index in [1.54, 1.807) is 24.3 Å². The fourth-order valence-electron chi connectivity index (χ4n) is 3.84. The number of ether oxygens (including phenoxy) is 2. The molecule has 9 nitrogen and oxygen atoms in total. The van der Waals surface area contributed by atoms with Crippen LogP contribution in [0.1, 0.15) is 41.6 Å².